The molecule has 0 spiro atoms. The fourth-order valence-corrected chi connectivity index (χ4v) is 3.89. The summed E-state index contributed by atoms with van der Waals surface area (Å²) in [4.78, 5) is 13.1. The largest absolute Gasteiger partial charge is 0.624 e. The van der Waals surface area contributed by atoms with Crippen molar-refractivity contribution in [2.75, 3.05) is 0 Å². The van der Waals surface area contributed by atoms with Crippen molar-refractivity contribution in [1.82, 2.24) is 9.78 Å². The van der Waals surface area contributed by atoms with Crippen LogP contribution >= 0.6 is 0 Å². The van der Waals surface area contributed by atoms with E-state index in [4.69, 9.17) is 5.10 Å². The number of aromatic nitrogens is 2. The van der Waals surface area contributed by atoms with Crippen LogP contribution in [-0.4, -0.2) is 20.7 Å². The minimum absolute atomic E-state index is 0.170. The number of benzene rings is 4. The van der Waals surface area contributed by atoms with Gasteiger partial charge in [-0.05, 0) is 30.3 Å². The molecular weight excluding hydrogens is 410 g/mol. The normalized spacial score (nSPS) is 11.6. The molecule has 0 atom stereocenters. The monoisotopic (exact) mass is 431 g/mol. The molecule has 5 nitrogen and oxygen atoms in total. The third-order valence-electron chi connectivity index (χ3n) is 5.44. The van der Waals surface area contributed by atoms with Crippen LogP contribution in [0.5, 0.6) is 0 Å². The predicted octanol–water partition coefficient (Wildman–Crippen LogP) is 5.18. The van der Waals surface area contributed by atoms with Gasteiger partial charge in [0.1, 0.15) is 0 Å². The van der Waals surface area contributed by atoms with Crippen molar-refractivity contribution < 1.29 is 4.74 Å². The summed E-state index contributed by atoms with van der Waals surface area (Å²) in [6.07, 6.45) is 1.58. The first-order valence-corrected chi connectivity index (χ1v) is 10.7. The lowest BCUT2D eigenvalue weighted by Crippen LogP contribution is -2.22. The Morgan fingerprint density at radius 1 is 0.788 bits per heavy atom. The molecule has 0 aliphatic carbocycles. The predicted molar refractivity (Wildman–Crippen MR) is 132 cm³/mol. The highest BCUT2D eigenvalue weighted by molar-refractivity contribution is 5.94. The maximum absolute atomic E-state index is 13.1. The van der Waals surface area contributed by atoms with E-state index in [1.54, 1.807) is 6.21 Å². The van der Waals surface area contributed by atoms with E-state index in [-0.39, 0.29) is 12.1 Å². The summed E-state index contributed by atoms with van der Waals surface area (Å²) in [6.45, 7) is 0.269. The summed E-state index contributed by atoms with van der Waals surface area (Å²) in [6, 6.07) is 34.1. The van der Waals surface area contributed by atoms with Gasteiger partial charge in [0.2, 0.25) is 0 Å². The summed E-state index contributed by atoms with van der Waals surface area (Å²) in [5, 5.41) is 18.6. The van der Waals surface area contributed by atoms with Gasteiger partial charge >= 0.3 is 0 Å². The average Bonchev–Trinajstić information content (AvgIpc) is 2.86. The van der Waals surface area contributed by atoms with E-state index < -0.39 is 0 Å². The fourth-order valence-electron chi connectivity index (χ4n) is 3.89. The van der Waals surface area contributed by atoms with Crippen molar-refractivity contribution in [3.63, 3.8) is 0 Å². The molecule has 5 heteroatoms. The molecule has 0 aliphatic rings. The van der Waals surface area contributed by atoms with E-state index >= 15 is 0 Å². The lowest BCUT2D eigenvalue weighted by molar-refractivity contribution is -0.469. The molecule has 160 valence electrons. The molecule has 4 aromatic carbocycles. The van der Waals surface area contributed by atoms with Crippen molar-refractivity contribution in [3.8, 4) is 16.9 Å². The third-order valence-corrected chi connectivity index (χ3v) is 5.44. The van der Waals surface area contributed by atoms with Crippen LogP contribution in [0.1, 0.15) is 11.1 Å². The van der Waals surface area contributed by atoms with Crippen molar-refractivity contribution in [1.29, 1.82) is 0 Å². The highest BCUT2D eigenvalue weighted by atomic mass is 16.5. The summed E-state index contributed by atoms with van der Waals surface area (Å²) < 4.78 is 2.36. The molecule has 0 saturated heterocycles. The first-order valence-electron chi connectivity index (χ1n) is 10.7. The van der Waals surface area contributed by atoms with Crippen LogP contribution in [0.15, 0.2) is 114 Å². The second kappa shape index (κ2) is 8.93. The Bertz CT molecular complexity index is 1510. The van der Waals surface area contributed by atoms with Gasteiger partial charge in [0.25, 0.3) is 5.56 Å². The van der Waals surface area contributed by atoms with Crippen LogP contribution in [0, 0.1) is 5.21 Å². The molecule has 0 amide bonds. The van der Waals surface area contributed by atoms with Crippen LogP contribution in [-0.2, 0) is 6.54 Å². The first kappa shape index (κ1) is 20.4. The van der Waals surface area contributed by atoms with E-state index in [9.17, 15) is 10.0 Å². The minimum atomic E-state index is -0.170. The summed E-state index contributed by atoms with van der Waals surface area (Å²) in [5.41, 5.74) is 3.76. The summed E-state index contributed by atoms with van der Waals surface area (Å²) in [5.74, 6) is 0. The summed E-state index contributed by atoms with van der Waals surface area (Å²) in [7, 11) is 0. The molecule has 33 heavy (non-hydrogen) atoms. The van der Waals surface area contributed by atoms with Gasteiger partial charge < -0.3 is 5.21 Å². The van der Waals surface area contributed by atoms with Crippen LogP contribution in [0.25, 0.3) is 27.7 Å². The molecule has 5 rings (SSSR count). The second-order valence-corrected chi connectivity index (χ2v) is 7.76. The zero-order chi connectivity index (χ0) is 22.6. The van der Waals surface area contributed by atoms with Gasteiger partial charge in [-0.25, -0.2) is 4.74 Å². The standard InChI is InChI=1S/C28H21N3O2/c32-28-26-17-8-7-16-25(26)27(29-31(28)24-14-5-2-6-15-24)23-13-9-12-22(18-23)20-30(33)19-21-10-3-1-4-11-21/h1-18,20H,19H2. The maximum atomic E-state index is 13.1. The molecule has 0 N–H and O–H groups in total. The number of nitrogens with zero attached hydrogens (tertiary/aromatic N) is 3. The zero-order valence-electron chi connectivity index (χ0n) is 17.8. The van der Waals surface area contributed by atoms with Gasteiger partial charge in [0.05, 0.1) is 16.8 Å². The van der Waals surface area contributed by atoms with E-state index in [1.807, 2.05) is 109 Å². The van der Waals surface area contributed by atoms with Gasteiger partial charge in [-0.3, -0.25) is 4.79 Å². The van der Waals surface area contributed by atoms with Gasteiger partial charge in [-0.15, -0.1) is 0 Å². The molecule has 1 aromatic heterocycles. The number of rotatable bonds is 5. The topological polar surface area (TPSA) is 61.0 Å². The Labute approximate surface area is 191 Å². The molecule has 1 heterocycles. The third kappa shape index (κ3) is 4.29. The van der Waals surface area contributed by atoms with Crippen LogP contribution < -0.4 is 5.56 Å². The number of para-hydroxylation sites is 1. The van der Waals surface area contributed by atoms with Crippen LogP contribution in [0.3, 0.4) is 0 Å². The molecular formula is C28H21N3O2. The number of hydroxylamine groups is 1. The van der Waals surface area contributed by atoms with Gasteiger partial charge in [-0.2, -0.15) is 9.78 Å². The highest BCUT2D eigenvalue weighted by Crippen LogP contribution is 2.26. The van der Waals surface area contributed by atoms with E-state index in [2.05, 4.69) is 0 Å². The van der Waals surface area contributed by atoms with Gasteiger partial charge in [-0.1, -0.05) is 78.9 Å². The smallest absolute Gasteiger partial charge is 0.279 e. The number of hydrogen-bond donors (Lipinski definition) is 0. The molecule has 0 unspecified atom stereocenters. The SMILES string of the molecule is O=c1c2ccccc2c(-c2cccc(C=[N+]([O-])Cc3ccccc3)c2)nn1-c1ccccc1. The molecule has 0 aliphatic heterocycles. The Hall–Kier alpha value is -4.51. The van der Waals surface area contributed by atoms with E-state index in [0.717, 1.165) is 26.8 Å². The first-order chi connectivity index (χ1) is 16.2. The lowest BCUT2D eigenvalue weighted by atomic mass is 10.0. The van der Waals surface area contributed by atoms with Gasteiger partial charge in [0.15, 0.2) is 12.8 Å². The Balaban J connectivity index is 1.61. The maximum Gasteiger partial charge on any atom is 0.279 e. The molecule has 0 radical (unpaired) electrons. The van der Waals surface area contributed by atoms with E-state index in [1.165, 1.54) is 4.68 Å². The Morgan fingerprint density at radius 3 is 2.21 bits per heavy atom. The van der Waals surface area contributed by atoms with Crippen molar-refractivity contribution in [2.45, 2.75) is 6.54 Å². The Kier molecular flexibility index (Phi) is 5.52. The molecule has 0 bridgehead atoms. The fraction of sp³-hybridized carbons (Fsp3) is 0.0357. The van der Waals surface area contributed by atoms with Crippen LogP contribution in [0.4, 0.5) is 0 Å². The second-order valence-electron chi connectivity index (χ2n) is 7.76. The van der Waals surface area contributed by atoms with Crippen LogP contribution in [0.2, 0.25) is 0 Å². The minimum Gasteiger partial charge on any atom is -0.624 e. The van der Waals surface area contributed by atoms with Crippen molar-refractivity contribution >= 4 is 17.0 Å². The Morgan fingerprint density at radius 2 is 1.45 bits per heavy atom. The van der Waals surface area contributed by atoms with Crippen molar-refractivity contribution in [2.24, 2.45) is 0 Å². The highest BCUT2D eigenvalue weighted by Gasteiger charge is 2.13. The van der Waals surface area contributed by atoms with Gasteiger partial charge in [0, 0.05) is 22.1 Å². The lowest BCUT2D eigenvalue weighted by Gasteiger charge is -2.12. The molecule has 0 fully saturated rings. The summed E-state index contributed by atoms with van der Waals surface area (Å²) >= 11 is 0. The van der Waals surface area contributed by atoms with E-state index in [0.29, 0.717) is 16.8 Å². The van der Waals surface area contributed by atoms with Crippen molar-refractivity contribution in [3.05, 3.63) is 136 Å². The zero-order valence-corrected chi connectivity index (χ0v) is 17.8. The molecule has 0 saturated carbocycles. The average molecular weight is 431 g/mol. The number of hydrogen-bond acceptors (Lipinski definition) is 3. The molecule has 5 aromatic rings. The number of fused-ring (bicyclic) bond motifs is 1. The quantitative estimate of drug-likeness (QED) is 0.167.